The van der Waals surface area contributed by atoms with Crippen LogP contribution in [0.25, 0.3) is 0 Å². The van der Waals surface area contributed by atoms with Crippen LogP contribution >= 0.6 is 0 Å². The topological polar surface area (TPSA) is 30.5 Å². The van der Waals surface area contributed by atoms with Crippen molar-refractivity contribution in [3.05, 3.63) is 29.8 Å². The Morgan fingerprint density at radius 2 is 1.79 bits per heavy atom. The second kappa shape index (κ2) is 9.82. The van der Waals surface area contributed by atoms with Crippen LogP contribution in [0.5, 0.6) is 5.75 Å². The summed E-state index contributed by atoms with van der Waals surface area (Å²) in [4.78, 5) is 0. The summed E-state index contributed by atoms with van der Waals surface area (Å²) < 4.78 is 10.8. The largest absolute Gasteiger partial charge is 0.494 e. The average Bonchev–Trinajstić information content (AvgIpc) is 2.41. The highest BCUT2D eigenvalue weighted by Gasteiger charge is 1.97. The van der Waals surface area contributed by atoms with Crippen LogP contribution in [-0.2, 0) is 11.2 Å². The number of nitrogens with one attached hydrogen (secondary N) is 1. The van der Waals surface area contributed by atoms with E-state index in [1.807, 2.05) is 12.1 Å². The fourth-order valence-corrected chi connectivity index (χ4v) is 1.78. The lowest BCUT2D eigenvalue weighted by atomic mass is 10.1. The van der Waals surface area contributed by atoms with Gasteiger partial charge < -0.3 is 14.8 Å². The number of rotatable bonds is 10. The van der Waals surface area contributed by atoms with Gasteiger partial charge in [0.25, 0.3) is 0 Å². The summed E-state index contributed by atoms with van der Waals surface area (Å²) in [5, 5.41) is 3.40. The van der Waals surface area contributed by atoms with Gasteiger partial charge in [0.1, 0.15) is 5.75 Å². The van der Waals surface area contributed by atoms with E-state index in [4.69, 9.17) is 9.47 Å². The van der Waals surface area contributed by atoms with Crippen LogP contribution in [0.4, 0.5) is 0 Å². The van der Waals surface area contributed by atoms with Crippen LogP contribution in [0.15, 0.2) is 24.3 Å². The maximum atomic E-state index is 5.71. The minimum Gasteiger partial charge on any atom is -0.494 e. The van der Waals surface area contributed by atoms with Crippen molar-refractivity contribution in [2.45, 2.75) is 39.2 Å². The Labute approximate surface area is 117 Å². The summed E-state index contributed by atoms with van der Waals surface area (Å²) in [7, 11) is 1.73. The molecular weight excluding hydrogens is 238 g/mol. The minimum absolute atomic E-state index is 0.570. The smallest absolute Gasteiger partial charge is 0.119 e. The van der Waals surface area contributed by atoms with Crippen molar-refractivity contribution in [1.29, 1.82) is 0 Å². The Balaban J connectivity index is 2.12. The van der Waals surface area contributed by atoms with Crippen molar-refractivity contribution in [2.75, 3.05) is 26.9 Å². The first-order chi connectivity index (χ1) is 9.22. The van der Waals surface area contributed by atoms with E-state index in [2.05, 4.69) is 31.3 Å². The van der Waals surface area contributed by atoms with Crippen molar-refractivity contribution in [2.24, 2.45) is 0 Å². The van der Waals surface area contributed by atoms with Gasteiger partial charge in [-0.2, -0.15) is 0 Å². The monoisotopic (exact) mass is 265 g/mol. The van der Waals surface area contributed by atoms with Crippen LogP contribution < -0.4 is 10.1 Å². The molecule has 0 aromatic heterocycles. The molecule has 3 heteroatoms. The molecule has 19 heavy (non-hydrogen) atoms. The van der Waals surface area contributed by atoms with Gasteiger partial charge in [0.05, 0.1) is 13.2 Å². The SMILES string of the molecule is COCCc1ccc(OCCCCNC(C)C)cc1. The average molecular weight is 265 g/mol. The predicted molar refractivity (Wildman–Crippen MR) is 79.9 cm³/mol. The van der Waals surface area contributed by atoms with E-state index < -0.39 is 0 Å². The molecular formula is C16H27NO2. The second-order valence-corrected chi connectivity index (χ2v) is 5.05. The van der Waals surface area contributed by atoms with Gasteiger partial charge in [0.15, 0.2) is 0 Å². The van der Waals surface area contributed by atoms with Crippen LogP contribution in [-0.4, -0.2) is 32.9 Å². The van der Waals surface area contributed by atoms with Crippen LogP contribution in [0, 0.1) is 0 Å². The molecule has 1 rings (SSSR count). The minimum atomic E-state index is 0.570. The normalized spacial score (nSPS) is 10.9. The summed E-state index contributed by atoms with van der Waals surface area (Å²) >= 11 is 0. The van der Waals surface area contributed by atoms with Crippen molar-refractivity contribution in [3.8, 4) is 5.75 Å². The molecule has 0 heterocycles. The standard InChI is InChI=1S/C16H27NO2/c1-14(2)17-11-4-5-12-19-16-8-6-15(7-9-16)10-13-18-3/h6-9,14,17H,4-5,10-13H2,1-3H3. The van der Waals surface area contributed by atoms with Gasteiger partial charge in [0.2, 0.25) is 0 Å². The molecule has 1 N–H and O–H groups in total. The Bertz CT molecular complexity index is 322. The number of methoxy groups -OCH3 is 1. The van der Waals surface area contributed by atoms with Crippen molar-refractivity contribution in [3.63, 3.8) is 0 Å². The molecule has 1 aromatic carbocycles. The fourth-order valence-electron chi connectivity index (χ4n) is 1.78. The van der Waals surface area contributed by atoms with E-state index in [-0.39, 0.29) is 0 Å². The Morgan fingerprint density at radius 1 is 1.05 bits per heavy atom. The lowest BCUT2D eigenvalue weighted by molar-refractivity contribution is 0.202. The Kier molecular flexibility index (Phi) is 8.26. The lowest BCUT2D eigenvalue weighted by Gasteiger charge is -2.09. The number of benzene rings is 1. The number of hydrogen-bond acceptors (Lipinski definition) is 3. The lowest BCUT2D eigenvalue weighted by Crippen LogP contribution is -2.23. The molecule has 0 radical (unpaired) electrons. The fraction of sp³-hybridized carbons (Fsp3) is 0.625. The molecule has 0 unspecified atom stereocenters. The zero-order valence-corrected chi connectivity index (χ0v) is 12.4. The third-order valence-electron chi connectivity index (χ3n) is 2.91. The third-order valence-corrected chi connectivity index (χ3v) is 2.91. The molecule has 0 aliphatic heterocycles. The highest BCUT2D eigenvalue weighted by molar-refractivity contribution is 5.27. The predicted octanol–water partition coefficient (Wildman–Crippen LogP) is 3.03. The van der Waals surface area contributed by atoms with Crippen molar-refractivity contribution < 1.29 is 9.47 Å². The van der Waals surface area contributed by atoms with E-state index in [1.165, 1.54) is 5.56 Å². The van der Waals surface area contributed by atoms with E-state index in [0.29, 0.717) is 6.04 Å². The maximum Gasteiger partial charge on any atom is 0.119 e. The molecule has 0 atom stereocenters. The maximum absolute atomic E-state index is 5.71. The molecule has 0 saturated carbocycles. The molecule has 0 bridgehead atoms. The summed E-state index contributed by atoms with van der Waals surface area (Å²) in [6, 6.07) is 8.86. The van der Waals surface area contributed by atoms with Gasteiger partial charge >= 0.3 is 0 Å². The number of unbranched alkanes of at least 4 members (excludes halogenated alkanes) is 1. The summed E-state index contributed by atoms with van der Waals surface area (Å²) in [6.07, 6.45) is 3.20. The molecule has 0 aliphatic carbocycles. The van der Waals surface area contributed by atoms with Gasteiger partial charge in [0, 0.05) is 13.2 Å². The second-order valence-electron chi connectivity index (χ2n) is 5.05. The first kappa shape index (κ1) is 16.0. The van der Waals surface area contributed by atoms with Gasteiger partial charge in [-0.15, -0.1) is 0 Å². The molecule has 1 aromatic rings. The molecule has 0 fully saturated rings. The van der Waals surface area contributed by atoms with Crippen LogP contribution in [0.1, 0.15) is 32.3 Å². The van der Waals surface area contributed by atoms with E-state index in [9.17, 15) is 0 Å². The molecule has 108 valence electrons. The molecule has 3 nitrogen and oxygen atoms in total. The summed E-state index contributed by atoms with van der Waals surface area (Å²) in [5.41, 5.74) is 1.29. The first-order valence-corrected chi connectivity index (χ1v) is 7.16. The highest BCUT2D eigenvalue weighted by Crippen LogP contribution is 2.13. The Hall–Kier alpha value is -1.06. The summed E-state index contributed by atoms with van der Waals surface area (Å²) in [5.74, 6) is 0.956. The molecule has 0 aliphatic rings. The van der Waals surface area contributed by atoms with Gasteiger partial charge in [-0.05, 0) is 43.5 Å². The number of ether oxygens (including phenoxy) is 2. The van der Waals surface area contributed by atoms with Gasteiger partial charge in [-0.25, -0.2) is 0 Å². The van der Waals surface area contributed by atoms with Gasteiger partial charge in [-0.1, -0.05) is 26.0 Å². The number of hydrogen-bond donors (Lipinski definition) is 1. The van der Waals surface area contributed by atoms with Crippen LogP contribution in [0.2, 0.25) is 0 Å². The van der Waals surface area contributed by atoms with Crippen LogP contribution in [0.3, 0.4) is 0 Å². The zero-order valence-electron chi connectivity index (χ0n) is 12.4. The van der Waals surface area contributed by atoms with Gasteiger partial charge in [-0.3, -0.25) is 0 Å². The third kappa shape index (κ3) is 7.85. The van der Waals surface area contributed by atoms with Crippen molar-refractivity contribution in [1.82, 2.24) is 5.32 Å². The molecule has 0 saturated heterocycles. The molecule has 0 spiro atoms. The zero-order chi connectivity index (χ0) is 13.9. The van der Waals surface area contributed by atoms with E-state index in [0.717, 1.165) is 44.8 Å². The Morgan fingerprint density at radius 3 is 2.42 bits per heavy atom. The van der Waals surface area contributed by atoms with Crippen molar-refractivity contribution >= 4 is 0 Å². The van der Waals surface area contributed by atoms with E-state index in [1.54, 1.807) is 7.11 Å². The summed E-state index contributed by atoms with van der Waals surface area (Å²) in [6.45, 7) is 6.96. The first-order valence-electron chi connectivity index (χ1n) is 7.16. The highest BCUT2D eigenvalue weighted by atomic mass is 16.5. The van der Waals surface area contributed by atoms with E-state index >= 15 is 0 Å². The quantitative estimate of drug-likeness (QED) is 0.660. The molecule has 0 amide bonds.